The molecule has 1 atom stereocenters. The van der Waals surface area contributed by atoms with Crippen molar-refractivity contribution in [1.82, 2.24) is 4.57 Å². The number of rotatable bonds is 9. The van der Waals surface area contributed by atoms with Gasteiger partial charge in [0.1, 0.15) is 11.5 Å². The molecule has 2 aromatic heterocycles. The molecule has 0 radical (unpaired) electrons. The van der Waals surface area contributed by atoms with Crippen molar-refractivity contribution in [3.8, 4) is 11.3 Å². The molecule has 232 valence electrons. The molecule has 0 saturated heterocycles. The van der Waals surface area contributed by atoms with Crippen LogP contribution in [0.3, 0.4) is 0 Å². The molecule has 6 rings (SSSR count). The number of furan rings is 1. The Balaban J connectivity index is 1.50. The van der Waals surface area contributed by atoms with Crippen LogP contribution in [0, 0.1) is 0 Å². The second-order valence-corrected chi connectivity index (χ2v) is 12.1. The number of nitrogens with zero attached hydrogens (tertiary/aromatic N) is 2. The molecule has 10 heteroatoms. The van der Waals surface area contributed by atoms with Gasteiger partial charge in [-0.1, -0.05) is 65.9 Å². The number of thiazole rings is 1. The van der Waals surface area contributed by atoms with Crippen LogP contribution >= 0.6 is 23.1 Å². The summed E-state index contributed by atoms with van der Waals surface area (Å²) in [6.07, 6.45) is 3.67. The average molecular weight is 651 g/mol. The van der Waals surface area contributed by atoms with Crippen LogP contribution in [0.25, 0.3) is 23.1 Å². The third-order valence-electron chi connectivity index (χ3n) is 7.36. The highest BCUT2D eigenvalue weighted by molar-refractivity contribution is 7.98. The Kier molecular flexibility index (Phi) is 9.18. The highest BCUT2D eigenvalue weighted by Gasteiger charge is 2.35. The number of ether oxygens (including phenoxy) is 2. The van der Waals surface area contributed by atoms with Crippen molar-refractivity contribution in [1.29, 1.82) is 0 Å². The van der Waals surface area contributed by atoms with Crippen molar-refractivity contribution in [3.63, 3.8) is 0 Å². The molecular formula is C36H30N2O6S2. The van der Waals surface area contributed by atoms with Gasteiger partial charge >= 0.3 is 11.9 Å². The molecule has 1 aliphatic heterocycles. The minimum Gasteiger partial charge on any atom is -0.463 e. The van der Waals surface area contributed by atoms with Crippen LogP contribution in [0.5, 0.6) is 0 Å². The number of benzene rings is 3. The summed E-state index contributed by atoms with van der Waals surface area (Å²) >= 11 is 2.83. The largest absolute Gasteiger partial charge is 0.463 e. The molecule has 3 heterocycles. The van der Waals surface area contributed by atoms with Crippen LogP contribution in [-0.2, 0) is 14.3 Å². The van der Waals surface area contributed by atoms with Crippen LogP contribution in [-0.4, -0.2) is 36.0 Å². The monoisotopic (exact) mass is 650 g/mol. The molecule has 0 bridgehead atoms. The van der Waals surface area contributed by atoms with Crippen molar-refractivity contribution in [3.05, 3.63) is 139 Å². The number of aromatic nitrogens is 1. The molecule has 0 saturated carbocycles. The zero-order valence-electron chi connectivity index (χ0n) is 25.4. The van der Waals surface area contributed by atoms with E-state index in [9.17, 15) is 14.4 Å². The molecular weight excluding hydrogens is 621 g/mol. The highest BCUT2D eigenvalue weighted by Crippen LogP contribution is 2.35. The summed E-state index contributed by atoms with van der Waals surface area (Å²) in [7, 11) is 0. The minimum absolute atomic E-state index is 0.177. The first kappa shape index (κ1) is 31.1. The van der Waals surface area contributed by atoms with Gasteiger partial charge in [0.25, 0.3) is 5.56 Å². The second-order valence-electron chi connectivity index (χ2n) is 10.2. The summed E-state index contributed by atoms with van der Waals surface area (Å²) in [6, 6.07) is 27.0. The molecule has 0 N–H and O–H groups in total. The second kappa shape index (κ2) is 13.6. The Morgan fingerprint density at radius 1 is 0.913 bits per heavy atom. The van der Waals surface area contributed by atoms with Gasteiger partial charge in [0.2, 0.25) is 0 Å². The summed E-state index contributed by atoms with van der Waals surface area (Å²) < 4.78 is 18.7. The van der Waals surface area contributed by atoms with Gasteiger partial charge in [-0.15, -0.1) is 11.8 Å². The van der Waals surface area contributed by atoms with Crippen molar-refractivity contribution < 1.29 is 23.5 Å². The van der Waals surface area contributed by atoms with Gasteiger partial charge in [-0.25, -0.2) is 14.6 Å². The number of thioether (sulfide) groups is 1. The normalized spacial score (nSPS) is 14.5. The Morgan fingerprint density at radius 2 is 1.63 bits per heavy atom. The lowest BCUT2D eigenvalue weighted by molar-refractivity contribution is -0.138. The topological polar surface area (TPSA) is 100 Å². The van der Waals surface area contributed by atoms with Gasteiger partial charge < -0.3 is 13.9 Å². The van der Waals surface area contributed by atoms with Gasteiger partial charge in [-0.3, -0.25) is 9.36 Å². The van der Waals surface area contributed by atoms with Crippen LogP contribution in [0.4, 0.5) is 0 Å². The third-order valence-corrected chi connectivity index (χ3v) is 9.09. The lowest BCUT2D eigenvalue weighted by Gasteiger charge is -2.26. The van der Waals surface area contributed by atoms with E-state index in [-0.39, 0.29) is 18.8 Å². The van der Waals surface area contributed by atoms with Crippen molar-refractivity contribution in [2.24, 2.45) is 4.99 Å². The molecule has 46 heavy (non-hydrogen) atoms. The molecule has 0 spiro atoms. The Bertz CT molecular complexity index is 2130. The maximum atomic E-state index is 14.2. The molecule has 0 amide bonds. The summed E-state index contributed by atoms with van der Waals surface area (Å²) in [5, 5.41) is 0. The predicted octanol–water partition coefficient (Wildman–Crippen LogP) is 6.09. The number of carbonyl (C=O) groups excluding carboxylic acids is 2. The van der Waals surface area contributed by atoms with E-state index in [2.05, 4.69) is 0 Å². The Morgan fingerprint density at radius 3 is 2.35 bits per heavy atom. The molecule has 0 fully saturated rings. The number of fused-ring (bicyclic) bond motifs is 1. The summed E-state index contributed by atoms with van der Waals surface area (Å²) in [5.74, 6) is 0.0504. The first-order valence-corrected chi connectivity index (χ1v) is 16.8. The predicted molar refractivity (Wildman–Crippen MR) is 179 cm³/mol. The first-order chi connectivity index (χ1) is 22.4. The van der Waals surface area contributed by atoms with E-state index in [4.69, 9.17) is 18.9 Å². The Hall–Kier alpha value is -4.93. The quantitative estimate of drug-likeness (QED) is 0.141. The number of hydrogen-bond donors (Lipinski definition) is 0. The third kappa shape index (κ3) is 6.14. The number of hydrogen-bond acceptors (Lipinski definition) is 9. The van der Waals surface area contributed by atoms with Gasteiger partial charge in [-0.2, -0.15) is 0 Å². The highest BCUT2D eigenvalue weighted by atomic mass is 32.2. The fraction of sp³-hybridized carbons (Fsp3) is 0.167. The van der Waals surface area contributed by atoms with E-state index in [1.165, 1.54) is 11.3 Å². The summed E-state index contributed by atoms with van der Waals surface area (Å²) in [5.41, 5.74) is 3.08. The summed E-state index contributed by atoms with van der Waals surface area (Å²) in [6.45, 7) is 3.97. The van der Waals surface area contributed by atoms with Gasteiger partial charge in [-0.05, 0) is 62.1 Å². The molecule has 5 aromatic rings. The first-order valence-electron chi connectivity index (χ1n) is 14.7. The fourth-order valence-corrected chi connectivity index (χ4v) is 6.66. The van der Waals surface area contributed by atoms with E-state index in [0.29, 0.717) is 43.3 Å². The van der Waals surface area contributed by atoms with Gasteiger partial charge in [0, 0.05) is 22.1 Å². The minimum atomic E-state index is -0.763. The van der Waals surface area contributed by atoms with Crippen molar-refractivity contribution in [2.75, 3.05) is 19.5 Å². The van der Waals surface area contributed by atoms with E-state index in [1.807, 2.05) is 66.9 Å². The van der Waals surface area contributed by atoms with E-state index >= 15 is 0 Å². The molecule has 1 unspecified atom stereocenters. The molecule has 8 nitrogen and oxygen atoms in total. The van der Waals surface area contributed by atoms with Crippen LogP contribution < -0.4 is 14.9 Å². The molecule has 1 aliphatic rings. The van der Waals surface area contributed by atoms with Gasteiger partial charge in [0.15, 0.2) is 4.80 Å². The van der Waals surface area contributed by atoms with Crippen LogP contribution in [0.15, 0.2) is 116 Å². The lowest BCUT2D eigenvalue weighted by atomic mass is 9.93. The maximum Gasteiger partial charge on any atom is 0.338 e. The van der Waals surface area contributed by atoms with Crippen LogP contribution in [0.2, 0.25) is 0 Å². The van der Waals surface area contributed by atoms with E-state index in [1.54, 1.807) is 66.6 Å². The molecule has 0 aliphatic carbocycles. The van der Waals surface area contributed by atoms with E-state index in [0.717, 1.165) is 16.0 Å². The average Bonchev–Trinajstić information content (AvgIpc) is 3.68. The zero-order chi connectivity index (χ0) is 32.2. The number of esters is 2. The van der Waals surface area contributed by atoms with E-state index < -0.39 is 18.0 Å². The SMILES string of the molecule is CCOC(=O)C1=C(c2ccccc2)N=c2s/c(=C\c3ccc(-c4cccc(C(=O)OCC)c4)o3)c(=O)n2C1c1ccc(SC)cc1. The summed E-state index contributed by atoms with van der Waals surface area (Å²) in [4.78, 5) is 46.5. The Labute approximate surface area is 273 Å². The maximum absolute atomic E-state index is 14.2. The molecule has 3 aromatic carbocycles. The van der Waals surface area contributed by atoms with Crippen molar-refractivity contribution >= 4 is 46.8 Å². The zero-order valence-corrected chi connectivity index (χ0v) is 27.0. The van der Waals surface area contributed by atoms with Crippen molar-refractivity contribution in [2.45, 2.75) is 24.8 Å². The van der Waals surface area contributed by atoms with Crippen LogP contribution in [0.1, 0.15) is 47.1 Å². The fourth-order valence-electron chi connectivity index (χ4n) is 5.27. The smallest absolute Gasteiger partial charge is 0.338 e. The van der Waals surface area contributed by atoms with Gasteiger partial charge in [0.05, 0.1) is 40.6 Å². The lowest BCUT2D eigenvalue weighted by Crippen LogP contribution is -2.40. The number of carbonyl (C=O) groups is 2. The standard InChI is InChI=1S/C36H30N2O6S2/c1-4-42-34(40)25-13-9-12-24(20-25)28-19-16-26(44-28)21-29-33(39)38-32(23-14-17-27(45-3)18-15-23)30(35(41)43-5-2)31(37-36(38)46-29)22-10-7-6-8-11-22/h6-21,32H,4-5H2,1-3H3/b29-21-.